The summed E-state index contributed by atoms with van der Waals surface area (Å²) >= 11 is 0. The summed E-state index contributed by atoms with van der Waals surface area (Å²) in [5.41, 5.74) is 0. The first-order valence-electron chi connectivity index (χ1n) is 25.2. The Morgan fingerprint density at radius 1 is 0.516 bits per heavy atom. The number of unbranched alkanes of at least 4 members (excludes halogenated alkanes) is 27. The van der Waals surface area contributed by atoms with E-state index in [2.05, 4.69) is 38.2 Å². The summed E-state index contributed by atoms with van der Waals surface area (Å²) in [5, 5.41) is 50.2. The maximum absolute atomic E-state index is 12.8. The molecule has 12 nitrogen and oxygen atoms in total. The van der Waals surface area contributed by atoms with Gasteiger partial charge in [0.05, 0.1) is 13.2 Å². The van der Waals surface area contributed by atoms with Crippen LogP contribution in [0.3, 0.4) is 0 Å². The summed E-state index contributed by atoms with van der Waals surface area (Å²) in [6, 6.07) is 0. The molecule has 0 aromatic carbocycles. The lowest BCUT2D eigenvalue weighted by Gasteiger charge is -2.41. The van der Waals surface area contributed by atoms with Gasteiger partial charge in [0.2, 0.25) is 0 Å². The minimum Gasteiger partial charge on any atom is -0.457 e. The number of rotatable bonds is 43. The molecule has 0 radical (unpaired) electrons. The van der Waals surface area contributed by atoms with E-state index in [0.717, 1.165) is 51.4 Å². The number of hydrogen-bond acceptors (Lipinski definition) is 11. The fraction of sp³-hybridized carbons (Fsp3) is 0.898. The van der Waals surface area contributed by atoms with Gasteiger partial charge in [-0.25, -0.2) is 4.57 Å². The Hall–Kier alpha value is -1.18. The van der Waals surface area contributed by atoms with Crippen molar-refractivity contribution in [3.05, 3.63) is 24.3 Å². The van der Waals surface area contributed by atoms with Crippen LogP contribution in [0, 0.1) is 0 Å². The predicted molar refractivity (Wildman–Crippen MR) is 249 cm³/mol. The second-order valence-corrected chi connectivity index (χ2v) is 19.1. The van der Waals surface area contributed by atoms with Gasteiger partial charge >= 0.3 is 13.8 Å². The van der Waals surface area contributed by atoms with Crippen LogP contribution in [-0.4, -0.2) is 98.9 Å². The van der Waals surface area contributed by atoms with E-state index in [1.165, 1.54) is 141 Å². The van der Waals surface area contributed by atoms with Crippen LogP contribution in [0.4, 0.5) is 0 Å². The highest BCUT2D eigenvalue weighted by Crippen LogP contribution is 2.47. The molecule has 6 atom stereocenters. The van der Waals surface area contributed by atoms with Crippen molar-refractivity contribution in [3.8, 4) is 0 Å². The van der Waals surface area contributed by atoms with Gasteiger partial charge in [0.25, 0.3) is 0 Å². The van der Waals surface area contributed by atoms with Crippen LogP contribution >= 0.6 is 7.82 Å². The van der Waals surface area contributed by atoms with Gasteiger partial charge in [-0.05, 0) is 44.9 Å². The summed E-state index contributed by atoms with van der Waals surface area (Å²) in [5.74, 6) is -0.478. The zero-order valence-corrected chi connectivity index (χ0v) is 40.1. The van der Waals surface area contributed by atoms with E-state index in [9.17, 15) is 39.8 Å². The van der Waals surface area contributed by atoms with Gasteiger partial charge in [-0.2, -0.15) is 0 Å². The van der Waals surface area contributed by atoms with Crippen LogP contribution in [0.15, 0.2) is 24.3 Å². The van der Waals surface area contributed by atoms with Crippen molar-refractivity contribution in [2.24, 2.45) is 0 Å². The third kappa shape index (κ3) is 31.7. The number of carbonyl (C=O) groups excluding carboxylic acids is 1. The third-order valence-electron chi connectivity index (χ3n) is 11.8. The first-order valence-corrected chi connectivity index (χ1v) is 26.7. The largest absolute Gasteiger partial charge is 0.472 e. The molecular formula is C49H93O12P. The number of esters is 1. The molecule has 62 heavy (non-hydrogen) atoms. The fourth-order valence-electron chi connectivity index (χ4n) is 7.80. The molecule has 0 aromatic heterocycles. The maximum atomic E-state index is 12.8. The van der Waals surface area contributed by atoms with Crippen LogP contribution in [0.1, 0.15) is 219 Å². The molecule has 1 rings (SSSR count). The monoisotopic (exact) mass is 905 g/mol. The molecular weight excluding hydrogens is 812 g/mol. The van der Waals surface area contributed by atoms with Crippen molar-refractivity contribution in [3.63, 3.8) is 0 Å². The van der Waals surface area contributed by atoms with Crippen molar-refractivity contribution in [1.82, 2.24) is 0 Å². The topological polar surface area (TPSA) is 192 Å². The van der Waals surface area contributed by atoms with Crippen molar-refractivity contribution < 1.29 is 58.3 Å². The molecule has 6 unspecified atom stereocenters. The molecule has 0 amide bonds. The smallest absolute Gasteiger partial charge is 0.457 e. The summed E-state index contributed by atoms with van der Waals surface area (Å²) in [6.07, 6.45) is 33.8. The van der Waals surface area contributed by atoms with Crippen molar-refractivity contribution >= 4 is 13.8 Å². The maximum Gasteiger partial charge on any atom is 0.472 e. The number of phosphoric acid groups is 1. The number of aliphatic hydroxyl groups is 5. The van der Waals surface area contributed by atoms with Crippen LogP contribution in [0.2, 0.25) is 0 Å². The van der Waals surface area contributed by atoms with Crippen LogP contribution in [0.25, 0.3) is 0 Å². The molecule has 0 heterocycles. The Morgan fingerprint density at radius 2 is 0.903 bits per heavy atom. The van der Waals surface area contributed by atoms with E-state index in [1.54, 1.807) is 0 Å². The third-order valence-corrected chi connectivity index (χ3v) is 12.8. The quantitative estimate of drug-likeness (QED) is 0.0147. The SMILES string of the molecule is CCCCCCC/C=C\C/C=C\CCCCCCCCCCCC(=O)OC(COCCCCCCCCCCCCCCCC)COP(=O)(O)OC1C(O)C(O)C(O)C(O)C1O. The van der Waals surface area contributed by atoms with E-state index in [-0.39, 0.29) is 13.0 Å². The highest BCUT2D eigenvalue weighted by atomic mass is 31.2. The van der Waals surface area contributed by atoms with Gasteiger partial charge in [0, 0.05) is 13.0 Å². The van der Waals surface area contributed by atoms with E-state index in [4.69, 9.17) is 18.5 Å². The average molecular weight is 905 g/mol. The molecule has 1 fully saturated rings. The van der Waals surface area contributed by atoms with Gasteiger partial charge in [-0.15, -0.1) is 0 Å². The fourth-order valence-corrected chi connectivity index (χ4v) is 8.77. The standard InChI is InChI=1S/C49H93O12P/c1-3-5-7-9-11-13-15-17-19-20-21-22-23-24-25-26-28-30-32-34-36-38-43(50)60-42(40-58-39-37-35-33-31-29-27-18-16-14-12-10-8-6-4-2)41-59-62(56,57)61-49-47(54)45(52)44(51)46(53)48(49)55/h15,17,20-21,42,44-49,51-55H,3-14,16,18-19,22-41H2,1-2H3,(H,56,57)/b17-15-,21-20-. The van der Waals surface area contributed by atoms with Gasteiger partial charge in [0.1, 0.15) is 42.7 Å². The minimum absolute atomic E-state index is 0.0740. The summed E-state index contributed by atoms with van der Waals surface area (Å²) in [6.45, 7) is 4.27. The zero-order chi connectivity index (χ0) is 45.5. The Kier molecular flexibility index (Phi) is 38.1. The Labute approximate surface area is 377 Å². The average Bonchev–Trinajstić information content (AvgIpc) is 3.26. The van der Waals surface area contributed by atoms with E-state index in [0.29, 0.717) is 13.0 Å². The molecule has 0 bridgehead atoms. The Bertz CT molecular complexity index is 1120. The van der Waals surface area contributed by atoms with Crippen molar-refractivity contribution in [1.29, 1.82) is 0 Å². The molecule has 13 heteroatoms. The van der Waals surface area contributed by atoms with Crippen molar-refractivity contribution in [2.75, 3.05) is 19.8 Å². The normalized spacial score (nSPS) is 22.1. The first-order chi connectivity index (χ1) is 30.0. The number of aliphatic hydroxyl groups excluding tert-OH is 5. The van der Waals surface area contributed by atoms with Crippen LogP contribution < -0.4 is 0 Å². The second-order valence-electron chi connectivity index (χ2n) is 17.7. The summed E-state index contributed by atoms with van der Waals surface area (Å²) < 4.78 is 34.3. The first kappa shape index (κ1) is 58.8. The van der Waals surface area contributed by atoms with Gasteiger partial charge < -0.3 is 39.9 Å². The molecule has 0 saturated heterocycles. The lowest BCUT2D eigenvalue weighted by Crippen LogP contribution is -2.64. The Morgan fingerprint density at radius 3 is 1.35 bits per heavy atom. The lowest BCUT2D eigenvalue weighted by atomic mass is 9.85. The minimum atomic E-state index is -5.02. The van der Waals surface area contributed by atoms with Gasteiger partial charge in [-0.1, -0.05) is 192 Å². The zero-order valence-electron chi connectivity index (χ0n) is 39.2. The molecule has 0 aromatic rings. The van der Waals surface area contributed by atoms with Gasteiger partial charge in [-0.3, -0.25) is 13.8 Å². The van der Waals surface area contributed by atoms with Crippen LogP contribution in [0.5, 0.6) is 0 Å². The number of allylic oxidation sites excluding steroid dienone is 4. The molecule has 6 N–H and O–H groups in total. The lowest BCUT2D eigenvalue weighted by molar-refractivity contribution is -0.220. The van der Waals surface area contributed by atoms with E-state index >= 15 is 0 Å². The molecule has 0 spiro atoms. The second kappa shape index (κ2) is 40.1. The van der Waals surface area contributed by atoms with Crippen LogP contribution in [-0.2, 0) is 27.9 Å². The number of phosphoric ester groups is 1. The number of carbonyl (C=O) groups is 1. The highest BCUT2D eigenvalue weighted by Gasteiger charge is 2.51. The van der Waals surface area contributed by atoms with E-state index < -0.39 is 63.1 Å². The molecule has 0 aliphatic heterocycles. The van der Waals surface area contributed by atoms with E-state index in [1.807, 2.05) is 0 Å². The number of ether oxygens (including phenoxy) is 2. The Balaban J connectivity index is 2.34. The summed E-state index contributed by atoms with van der Waals surface area (Å²) in [7, 11) is -5.02. The van der Waals surface area contributed by atoms with Crippen molar-refractivity contribution in [2.45, 2.75) is 262 Å². The molecule has 1 aliphatic carbocycles. The van der Waals surface area contributed by atoms with Gasteiger partial charge in [0.15, 0.2) is 0 Å². The molecule has 1 saturated carbocycles. The summed E-state index contributed by atoms with van der Waals surface area (Å²) in [4.78, 5) is 23.2. The highest BCUT2D eigenvalue weighted by molar-refractivity contribution is 7.47. The molecule has 366 valence electrons. The molecule has 1 aliphatic rings. The predicted octanol–water partition coefficient (Wildman–Crippen LogP) is 10.9. The number of hydrogen-bond donors (Lipinski definition) is 6.